The van der Waals surface area contributed by atoms with Gasteiger partial charge in [0.1, 0.15) is 0 Å². The molecule has 3 rings (SSSR count). The number of carbonyl (C=O) groups excluding carboxylic acids is 1. The van der Waals surface area contributed by atoms with Gasteiger partial charge in [-0.1, -0.05) is 31.2 Å². The summed E-state index contributed by atoms with van der Waals surface area (Å²) < 4.78 is 0. The third kappa shape index (κ3) is 3.44. The molecule has 1 N–H and O–H groups in total. The van der Waals surface area contributed by atoms with Crippen LogP contribution in [-0.4, -0.2) is 55.0 Å². The van der Waals surface area contributed by atoms with E-state index < -0.39 is 0 Å². The minimum absolute atomic E-state index is 0.168. The van der Waals surface area contributed by atoms with Gasteiger partial charge in [0, 0.05) is 26.2 Å². The number of likely N-dealkylation sites (N-methyl/N-ethyl adjacent to an activating group) is 1. The number of amides is 1. The lowest BCUT2D eigenvalue weighted by Gasteiger charge is -2.33. The molecule has 0 bridgehead atoms. The highest BCUT2D eigenvalue weighted by molar-refractivity contribution is 5.78. The van der Waals surface area contributed by atoms with Gasteiger partial charge in [-0.3, -0.25) is 9.69 Å². The third-order valence-electron chi connectivity index (χ3n) is 4.75. The van der Waals surface area contributed by atoms with Gasteiger partial charge in [-0.25, -0.2) is 0 Å². The summed E-state index contributed by atoms with van der Waals surface area (Å²) in [5.74, 6) is 0.168. The second-order valence-corrected chi connectivity index (χ2v) is 6.07. The van der Waals surface area contributed by atoms with Crippen LogP contribution in [0.25, 0.3) is 0 Å². The van der Waals surface area contributed by atoms with Gasteiger partial charge >= 0.3 is 0 Å². The number of nitrogens with zero attached hydrogens (tertiary/aromatic N) is 2. The zero-order valence-corrected chi connectivity index (χ0v) is 12.8. The molecule has 1 amide bonds. The van der Waals surface area contributed by atoms with Crippen molar-refractivity contribution in [2.24, 2.45) is 0 Å². The fourth-order valence-electron chi connectivity index (χ4n) is 3.41. The van der Waals surface area contributed by atoms with E-state index in [2.05, 4.69) is 46.3 Å². The Morgan fingerprint density at radius 1 is 1.19 bits per heavy atom. The maximum Gasteiger partial charge on any atom is 0.234 e. The molecule has 1 atom stereocenters. The van der Waals surface area contributed by atoms with Crippen molar-refractivity contribution in [2.45, 2.75) is 25.8 Å². The van der Waals surface area contributed by atoms with Crippen molar-refractivity contribution < 1.29 is 4.79 Å². The Morgan fingerprint density at radius 3 is 2.67 bits per heavy atom. The second kappa shape index (κ2) is 6.58. The molecule has 1 unspecified atom stereocenters. The van der Waals surface area contributed by atoms with Crippen LogP contribution >= 0.6 is 0 Å². The summed E-state index contributed by atoms with van der Waals surface area (Å²) in [5.41, 5.74) is 2.70. The Balaban J connectivity index is 1.49. The van der Waals surface area contributed by atoms with Gasteiger partial charge in [0.05, 0.1) is 12.6 Å². The maximum absolute atomic E-state index is 12.3. The van der Waals surface area contributed by atoms with Gasteiger partial charge in [-0.2, -0.15) is 0 Å². The minimum Gasteiger partial charge on any atom is -0.348 e. The number of benzene rings is 1. The van der Waals surface area contributed by atoms with Crippen LogP contribution in [0, 0.1) is 0 Å². The lowest BCUT2D eigenvalue weighted by molar-refractivity contribution is -0.123. The lowest BCUT2D eigenvalue weighted by Crippen LogP contribution is -2.49. The highest BCUT2D eigenvalue weighted by Crippen LogP contribution is 2.30. The molecule has 114 valence electrons. The molecule has 1 fully saturated rings. The van der Waals surface area contributed by atoms with E-state index in [1.54, 1.807) is 0 Å². The molecule has 4 heteroatoms. The van der Waals surface area contributed by atoms with Crippen molar-refractivity contribution in [3.8, 4) is 0 Å². The topological polar surface area (TPSA) is 35.6 Å². The molecule has 1 aliphatic carbocycles. The molecule has 0 spiro atoms. The van der Waals surface area contributed by atoms with Crippen molar-refractivity contribution in [1.82, 2.24) is 15.1 Å². The summed E-state index contributed by atoms with van der Waals surface area (Å²) in [6.07, 6.45) is 2.12. The van der Waals surface area contributed by atoms with E-state index in [9.17, 15) is 4.79 Å². The number of fused-ring (bicyclic) bond motifs is 1. The van der Waals surface area contributed by atoms with E-state index in [0.29, 0.717) is 6.54 Å². The SMILES string of the molecule is CCN1CCN(CC(=O)NC2CCc3ccccc32)CC1. The zero-order valence-electron chi connectivity index (χ0n) is 12.8. The average Bonchev–Trinajstić information content (AvgIpc) is 2.91. The van der Waals surface area contributed by atoms with E-state index in [1.165, 1.54) is 11.1 Å². The first-order valence-electron chi connectivity index (χ1n) is 8.08. The Kier molecular flexibility index (Phi) is 4.56. The zero-order chi connectivity index (χ0) is 14.7. The van der Waals surface area contributed by atoms with Gasteiger partial charge in [-0.15, -0.1) is 0 Å². The number of nitrogens with one attached hydrogen (secondary N) is 1. The summed E-state index contributed by atoms with van der Waals surface area (Å²) in [7, 11) is 0. The van der Waals surface area contributed by atoms with E-state index in [1.807, 2.05) is 0 Å². The molecule has 1 aromatic carbocycles. The summed E-state index contributed by atoms with van der Waals surface area (Å²) in [4.78, 5) is 17.0. The molecule has 1 heterocycles. The van der Waals surface area contributed by atoms with Crippen molar-refractivity contribution in [3.63, 3.8) is 0 Å². The fraction of sp³-hybridized carbons (Fsp3) is 0.588. The van der Waals surface area contributed by atoms with Crippen LogP contribution in [0.15, 0.2) is 24.3 Å². The number of hydrogen-bond donors (Lipinski definition) is 1. The van der Waals surface area contributed by atoms with Crippen molar-refractivity contribution in [1.29, 1.82) is 0 Å². The largest absolute Gasteiger partial charge is 0.348 e. The predicted octanol–water partition coefficient (Wildman–Crippen LogP) is 1.43. The molecule has 1 saturated heterocycles. The first-order chi connectivity index (χ1) is 10.3. The summed E-state index contributed by atoms with van der Waals surface area (Å²) in [6, 6.07) is 8.67. The van der Waals surface area contributed by atoms with E-state index in [4.69, 9.17) is 0 Å². The Morgan fingerprint density at radius 2 is 1.90 bits per heavy atom. The van der Waals surface area contributed by atoms with Crippen molar-refractivity contribution in [2.75, 3.05) is 39.3 Å². The monoisotopic (exact) mass is 287 g/mol. The van der Waals surface area contributed by atoms with Crippen LogP contribution in [0.1, 0.15) is 30.5 Å². The van der Waals surface area contributed by atoms with E-state index >= 15 is 0 Å². The van der Waals surface area contributed by atoms with Crippen LogP contribution in [0.3, 0.4) is 0 Å². The third-order valence-corrected chi connectivity index (χ3v) is 4.75. The summed E-state index contributed by atoms with van der Waals surface area (Å²) in [5, 5.41) is 3.21. The smallest absolute Gasteiger partial charge is 0.234 e. The highest BCUT2D eigenvalue weighted by Gasteiger charge is 2.24. The number of carbonyl (C=O) groups is 1. The summed E-state index contributed by atoms with van der Waals surface area (Å²) >= 11 is 0. The van der Waals surface area contributed by atoms with Gasteiger partial charge in [0.15, 0.2) is 0 Å². The van der Waals surface area contributed by atoms with Crippen LogP contribution in [0.4, 0.5) is 0 Å². The van der Waals surface area contributed by atoms with Crippen LogP contribution in [0.5, 0.6) is 0 Å². The average molecular weight is 287 g/mol. The Labute approximate surface area is 127 Å². The van der Waals surface area contributed by atoms with Crippen molar-refractivity contribution in [3.05, 3.63) is 35.4 Å². The summed E-state index contributed by atoms with van der Waals surface area (Å²) in [6.45, 7) is 8.01. The van der Waals surface area contributed by atoms with Crippen molar-refractivity contribution >= 4 is 5.91 Å². The molecule has 4 nitrogen and oxygen atoms in total. The Bertz CT molecular complexity index is 495. The maximum atomic E-state index is 12.3. The van der Waals surface area contributed by atoms with Gasteiger partial charge in [-0.05, 0) is 30.5 Å². The molecule has 1 aliphatic heterocycles. The van der Waals surface area contributed by atoms with Crippen LogP contribution < -0.4 is 5.32 Å². The van der Waals surface area contributed by atoms with E-state index in [0.717, 1.165) is 45.6 Å². The van der Waals surface area contributed by atoms with E-state index in [-0.39, 0.29) is 11.9 Å². The van der Waals surface area contributed by atoms with Gasteiger partial charge in [0.2, 0.25) is 5.91 Å². The molecule has 21 heavy (non-hydrogen) atoms. The number of aryl methyl sites for hydroxylation is 1. The highest BCUT2D eigenvalue weighted by atomic mass is 16.2. The first kappa shape index (κ1) is 14.5. The quantitative estimate of drug-likeness (QED) is 0.910. The number of piperazine rings is 1. The standard InChI is InChI=1S/C17H25N3O/c1-2-19-9-11-20(12-10-19)13-17(21)18-16-8-7-14-5-3-4-6-15(14)16/h3-6,16H,2,7-13H2,1H3,(H,18,21). The Hall–Kier alpha value is -1.39. The molecule has 2 aliphatic rings. The van der Waals surface area contributed by atoms with Gasteiger partial charge < -0.3 is 10.2 Å². The minimum atomic E-state index is 0.168. The lowest BCUT2D eigenvalue weighted by atomic mass is 10.1. The molecule has 1 aromatic rings. The normalized spacial score (nSPS) is 23.0. The first-order valence-corrected chi connectivity index (χ1v) is 8.08. The molecule has 0 saturated carbocycles. The van der Waals surface area contributed by atoms with Crippen LogP contribution in [0.2, 0.25) is 0 Å². The number of rotatable bonds is 4. The molecule has 0 aromatic heterocycles. The number of hydrogen-bond acceptors (Lipinski definition) is 3. The van der Waals surface area contributed by atoms with Gasteiger partial charge in [0.25, 0.3) is 0 Å². The molecule has 0 radical (unpaired) electrons. The second-order valence-electron chi connectivity index (χ2n) is 6.07. The molecular weight excluding hydrogens is 262 g/mol. The fourth-order valence-corrected chi connectivity index (χ4v) is 3.41. The van der Waals surface area contributed by atoms with Crippen LogP contribution in [-0.2, 0) is 11.2 Å². The predicted molar refractivity (Wildman–Crippen MR) is 84.2 cm³/mol. The molecular formula is C17H25N3O.